The molecule has 7 heteroatoms. The quantitative estimate of drug-likeness (QED) is 0.664. The van der Waals surface area contributed by atoms with Crippen molar-refractivity contribution in [2.45, 2.75) is 32.7 Å². The van der Waals surface area contributed by atoms with Crippen LogP contribution in [0.3, 0.4) is 0 Å². The Kier molecular flexibility index (Phi) is 5.70. The van der Waals surface area contributed by atoms with Crippen LogP contribution in [0.4, 0.5) is 15.9 Å². The van der Waals surface area contributed by atoms with E-state index in [2.05, 4.69) is 10.3 Å². The Morgan fingerprint density at radius 1 is 1.17 bits per heavy atom. The minimum atomic E-state index is -0.326. The third-order valence-corrected chi connectivity index (χ3v) is 5.14. The molecule has 1 N–H and O–H groups in total. The third kappa shape index (κ3) is 4.30. The van der Waals surface area contributed by atoms with Gasteiger partial charge in [0.25, 0.3) is 0 Å². The number of hydrogen-bond donors (Lipinski definition) is 1. The van der Waals surface area contributed by atoms with E-state index in [1.54, 1.807) is 24.5 Å². The zero-order chi connectivity index (χ0) is 21.1. The topological polar surface area (TPSA) is 71.0 Å². The Morgan fingerprint density at radius 3 is 2.70 bits per heavy atom. The van der Waals surface area contributed by atoms with Crippen LogP contribution in [-0.2, 0) is 4.79 Å². The Bertz CT molecular complexity index is 1040. The summed E-state index contributed by atoms with van der Waals surface area (Å²) in [7, 11) is 0. The summed E-state index contributed by atoms with van der Waals surface area (Å²) in [6.45, 7) is 4.52. The van der Waals surface area contributed by atoms with Crippen LogP contribution in [0.2, 0.25) is 0 Å². The van der Waals surface area contributed by atoms with Crippen molar-refractivity contribution in [2.75, 3.05) is 11.9 Å². The van der Waals surface area contributed by atoms with Gasteiger partial charge in [0.1, 0.15) is 11.6 Å². The van der Waals surface area contributed by atoms with Crippen LogP contribution in [0.15, 0.2) is 54.9 Å². The second-order valence-electron chi connectivity index (χ2n) is 7.71. The van der Waals surface area contributed by atoms with Crippen molar-refractivity contribution >= 4 is 17.4 Å². The standard InChI is InChI=1S/C23H24FN5O/c1-15(2)23(30)29-12-4-7-20(29)22-27-19(16-8-10-25-11-9-16)14-21(28-22)26-18-6-3-5-17(24)13-18/h3,5-6,8-11,13-15,20H,4,7,12H2,1-2H3,(H,26,27,28)/t20-/m0/s1. The van der Waals surface area contributed by atoms with E-state index in [1.807, 2.05) is 36.9 Å². The third-order valence-electron chi connectivity index (χ3n) is 5.14. The number of nitrogens with zero attached hydrogens (tertiary/aromatic N) is 4. The van der Waals surface area contributed by atoms with Gasteiger partial charge in [-0.3, -0.25) is 9.78 Å². The predicted octanol–water partition coefficient (Wildman–Crippen LogP) is 4.74. The minimum absolute atomic E-state index is 0.0844. The second kappa shape index (κ2) is 8.57. The number of hydrogen-bond acceptors (Lipinski definition) is 5. The molecule has 2 aromatic heterocycles. The van der Waals surface area contributed by atoms with Crippen molar-refractivity contribution < 1.29 is 9.18 Å². The highest BCUT2D eigenvalue weighted by atomic mass is 19.1. The molecule has 30 heavy (non-hydrogen) atoms. The van der Waals surface area contributed by atoms with Gasteiger partial charge in [0.05, 0.1) is 11.7 Å². The molecule has 1 aromatic carbocycles. The highest BCUT2D eigenvalue weighted by Crippen LogP contribution is 2.33. The van der Waals surface area contributed by atoms with Crippen LogP contribution in [0.25, 0.3) is 11.3 Å². The van der Waals surface area contributed by atoms with E-state index >= 15 is 0 Å². The number of halogens is 1. The molecule has 0 unspecified atom stereocenters. The van der Waals surface area contributed by atoms with Crippen molar-refractivity contribution in [1.82, 2.24) is 19.9 Å². The molecule has 1 saturated heterocycles. The van der Waals surface area contributed by atoms with Crippen molar-refractivity contribution in [3.63, 3.8) is 0 Å². The molecule has 3 heterocycles. The van der Waals surface area contributed by atoms with Gasteiger partial charge in [-0.2, -0.15) is 0 Å². The number of carbonyl (C=O) groups is 1. The first-order valence-electron chi connectivity index (χ1n) is 10.1. The summed E-state index contributed by atoms with van der Waals surface area (Å²) in [5.74, 6) is 0.845. The lowest BCUT2D eigenvalue weighted by atomic mass is 10.1. The van der Waals surface area contributed by atoms with Crippen LogP contribution >= 0.6 is 0 Å². The van der Waals surface area contributed by atoms with Crippen molar-refractivity contribution in [1.29, 1.82) is 0 Å². The fourth-order valence-corrected chi connectivity index (χ4v) is 3.69. The summed E-state index contributed by atoms with van der Waals surface area (Å²) in [6.07, 6.45) is 5.15. The van der Waals surface area contributed by atoms with Gasteiger partial charge in [-0.25, -0.2) is 14.4 Å². The summed E-state index contributed by atoms with van der Waals surface area (Å²) in [5, 5.41) is 3.18. The zero-order valence-corrected chi connectivity index (χ0v) is 17.0. The first-order valence-corrected chi connectivity index (χ1v) is 10.1. The summed E-state index contributed by atoms with van der Waals surface area (Å²) >= 11 is 0. The Hall–Kier alpha value is -3.35. The number of nitrogens with one attached hydrogen (secondary N) is 1. The van der Waals surface area contributed by atoms with E-state index in [4.69, 9.17) is 9.97 Å². The van der Waals surface area contributed by atoms with Gasteiger partial charge in [0.15, 0.2) is 5.82 Å². The van der Waals surface area contributed by atoms with Gasteiger partial charge in [0.2, 0.25) is 5.91 Å². The number of pyridine rings is 1. The van der Waals surface area contributed by atoms with Crippen LogP contribution in [0, 0.1) is 11.7 Å². The van der Waals surface area contributed by atoms with Crippen molar-refractivity contribution in [3.8, 4) is 11.3 Å². The molecule has 1 aliphatic rings. The maximum atomic E-state index is 13.6. The lowest BCUT2D eigenvalue weighted by Gasteiger charge is -2.26. The first kappa shape index (κ1) is 19.9. The summed E-state index contributed by atoms with van der Waals surface area (Å²) < 4.78 is 13.6. The zero-order valence-electron chi connectivity index (χ0n) is 17.0. The Morgan fingerprint density at radius 2 is 1.97 bits per heavy atom. The predicted molar refractivity (Wildman–Crippen MR) is 113 cm³/mol. The van der Waals surface area contributed by atoms with E-state index in [-0.39, 0.29) is 23.7 Å². The van der Waals surface area contributed by atoms with E-state index in [0.29, 0.717) is 23.9 Å². The molecule has 1 atom stereocenters. The van der Waals surface area contributed by atoms with Gasteiger partial charge in [-0.05, 0) is 43.2 Å². The maximum absolute atomic E-state index is 13.6. The molecule has 0 aliphatic carbocycles. The number of amides is 1. The first-order chi connectivity index (χ1) is 14.5. The largest absolute Gasteiger partial charge is 0.340 e. The van der Waals surface area contributed by atoms with Crippen molar-refractivity contribution in [2.24, 2.45) is 5.92 Å². The number of anilines is 2. The molecule has 0 radical (unpaired) electrons. The molecule has 6 nitrogen and oxygen atoms in total. The summed E-state index contributed by atoms with van der Waals surface area (Å²) in [5.41, 5.74) is 2.22. The van der Waals surface area contributed by atoms with E-state index in [9.17, 15) is 9.18 Å². The second-order valence-corrected chi connectivity index (χ2v) is 7.71. The van der Waals surface area contributed by atoms with Crippen LogP contribution in [0.5, 0.6) is 0 Å². The van der Waals surface area contributed by atoms with E-state index in [1.165, 1.54) is 12.1 Å². The van der Waals surface area contributed by atoms with E-state index in [0.717, 1.165) is 24.1 Å². The van der Waals surface area contributed by atoms with Crippen LogP contribution < -0.4 is 5.32 Å². The molecule has 0 saturated carbocycles. The van der Waals surface area contributed by atoms with Gasteiger partial charge < -0.3 is 10.2 Å². The fourth-order valence-electron chi connectivity index (χ4n) is 3.69. The highest BCUT2D eigenvalue weighted by molar-refractivity contribution is 5.79. The molecule has 1 amide bonds. The lowest BCUT2D eigenvalue weighted by molar-refractivity contribution is -0.135. The smallest absolute Gasteiger partial charge is 0.225 e. The number of likely N-dealkylation sites (tertiary alicyclic amines) is 1. The summed E-state index contributed by atoms with van der Waals surface area (Å²) in [6, 6.07) is 11.6. The molecular formula is C23H24FN5O. The number of aromatic nitrogens is 3. The minimum Gasteiger partial charge on any atom is -0.340 e. The van der Waals surface area contributed by atoms with Gasteiger partial charge in [-0.15, -0.1) is 0 Å². The Balaban J connectivity index is 1.75. The monoisotopic (exact) mass is 405 g/mol. The highest BCUT2D eigenvalue weighted by Gasteiger charge is 2.33. The number of benzene rings is 1. The number of carbonyl (C=O) groups excluding carboxylic acids is 1. The molecule has 4 rings (SSSR count). The molecule has 3 aromatic rings. The lowest BCUT2D eigenvalue weighted by Crippen LogP contribution is -2.34. The van der Waals surface area contributed by atoms with E-state index < -0.39 is 0 Å². The number of rotatable bonds is 5. The average molecular weight is 405 g/mol. The Labute approximate surface area is 175 Å². The normalized spacial score (nSPS) is 16.1. The maximum Gasteiger partial charge on any atom is 0.225 e. The SMILES string of the molecule is CC(C)C(=O)N1CCC[C@H]1c1nc(Nc2cccc(F)c2)cc(-c2ccncc2)n1. The van der Waals surface area contributed by atoms with Crippen LogP contribution in [-0.4, -0.2) is 32.3 Å². The van der Waals surface area contributed by atoms with Crippen molar-refractivity contribution in [3.05, 3.63) is 66.5 Å². The molecule has 154 valence electrons. The van der Waals surface area contributed by atoms with Gasteiger partial charge in [0, 0.05) is 42.2 Å². The van der Waals surface area contributed by atoms with Crippen LogP contribution in [0.1, 0.15) is 38.6 Å². The molecule has 0 bridgehead atoms. The molecule has 0 spiro atoms. The van der Waals surface area contributed by atoms with Gasteiger partial charge in [-0.1, -0.05) is 19.9 Å². The average Bonchev–Trinajstić information content (AvgIpc) is 3.23. The fraction of sp³-hybridized carbons (Fsp3) is 0.304. The summed E-state index contributed by atoms with van der Waals surface area (Å²) in [4.78, 5) is 28.1. The molecule has 1 fully saturated rings. The van der Waals surface area contributed by atoms with Gasteiger partial charge >= 0.3 is 0 Å². The molecular weight excluding hydrogens is 381 g/mol. The molecule has 1 aliphatic heterocycles.